The molecule has 0 radical (unpaired) electrons. The second-order valence-corrected chi connectivity index (χ2v) is 7.06. The number of benzene rings is 1. The van der Waals surface area contributed by atoms with Crippen LogP contribution in [0.2, 0.25) is 10.0 Å². The maximum Gasteiger partial charge on any atom is 0.261 e. The quantitative estimate of drug-likeness (QED) is 0.693. The predicted octanol–water partition coefficient (Wildman–Crippen LogP) is 4.44. The van der Waals surface area contributed by atoms with E-state index in [0.29, 0.717) is 34.3 Å². The summed E-state index contributed by atoms with van der Waals surface area (Å²) in [5.74, 6) is -0.173. The number of hydrogen-bond acceptors (Lipinski definition) is 3. The maximum atomic E-state index is 12.0. The van der Waals surface area contributed by atoms with E-state index in [-0.39, 0.29) is 17.9 Å². The minimum absolute atomic E-state index is 0.0704. The molecule has 0 aliphatic carbocycles. The summed E-state index contributed by atoms with van der Waals surface area (Å²) >= 11 is 13.3. The SMILES string of the molecule is CC(NC(=O)CCCNC(=O)c1cccs1)c1ccc(Cl)c(Cl)c1. The van der Waals surface area contributed by atoms with Crippen LogP contribution in [0.3, 0.4) is 0 Å². The minimum atomic E-state index is -0.159. The smallest absolute Gasteiger partial charge is 0.261 e. The van der Waals surface area contributed by atoms with Crippen LogP contribution in [0.4, 0.5) is 0 Å². The fourth-order valence-electron chi connectivity index (χ4n) is 2.12. The van der Waals surface area contributed by atoms with Crippen LogP contribution in [-0.2, 0) is 4.79 Å². The predicted molar refractivity (Wildman–Crippen MR) is 98.9 cm³/mol. The summed E-state index contributed by atoms with van der Waals surface area (Å²) in [6, 6.07) is 8.73. The van der Waals surface area contributed by atoms with Gasteiger partial charge in [-0.15, -0.1) is 11.3 Å². The van der Waals surface area contributed by atoms with Gasteiger partial charge < -0.3 is 10.6 Å². The lowest BCUT2D eigenvalue weighted by molar-refractivity contribution is -0.121. The molecule has 0 aliphatic heterocycles. The molecule has 4 nitrogen and oxygen atoms in total. The van der Waals surface area contributed by atoms with Gasteiger partial charge >= 0.3 is 0 Å². The van der Waals surface area contributed by atoms with Crippen molar-refractivity contribution in [3.8, 4) is 0 Å². The Kier molecular flexibility index (Phi) is 7.09. The summed E-state index contributed by atoms with van der Waals surface area (Å²) in [7, 11) is 0. The van der Waals surface area contributed by atoms with Crippen molar-refractivity contribution >= 4 is 46.4 Å². The summed E-state index contributed by atoms with van der Waals surface area (Å²) in [6.07, 6.45) is 0.924. The largest absolute Gasteiger partial charge is 0.351 e. The monoisotopic (exact) mass is 384 g/mol. The number of thiophene rings is 1. The van der Waals surface area contributed by atoms with Gasteiger partial charge in [-0.2, -0.15) is 0 Å². The third-order valence-electron chi connectivity index (χ3n) is 3.43. The lowest BCUT2D eigenvalue weighted by atomic mass is 10.1. The van der Waals surface area contributed by atoms with Crippen molar-refractivity contribution in [2.45, 2.75) is 25.8 Å². The normalized spacial score (nSPS) is 11.8. The molecule has 0 saturated heterocycles. The molecule has 24 heavy (non-hydrogen) atoms. The van der Waals surface area contributed by atoms with Crippen LogP contribution in [0, 0.1) is 0 Å². The second-order valence-electron chi connectivity index (χ2n) is 5.30. The van der Waals surface area contributed by atoms with Crippen LogP contribution in [0.1, 0.15) is 41.0 Å². The summed E-state index contributed by atoms with van der Waals surface area (Å²) in [6.45, 7) is 2.35. The van der Waals surface area contributed by atoms with E-state index in [1.807, 2.05) is 24.4 Å². The molecule has 1 atom stereocenters. The van der Waals surface area contributed by atoms with E-state index in [0.717, 1.165) is 5.56 Å². The molecule has 0 saturated carbocycles. The number of amides is 2. The summed E-state index contributed by atoms with van der Waals surface area (Å²) in [4.78, 5) is 24.4. The van der Waals surface area contributed by atoms with Gasteiger partial charge in [-0.25, -0.2) is 0 Å². The van der Waals surface area contributed by atoms with Crippen molar-refractivity contribution < 1.29 is 9.59 Å². The molecule has 2 aromatic rings. The van der Waals surface area contributed by atoms with Crippen molar-refractivity contribution in [2.24, 2.45) is 0 Å². The van der Waals surface area contributed by atoms with Crippen molar-refractivity contribution in [3.63, 3.8) is 0 Å². The first-order valence-electron chi connectivity index (χ1n) is 7.53. The average Bonchev–Trinajstić information content (AvgIpc) is 3.08. The van der Waals surface area contributed by atoms with Gasteiger partial charge in [-0.1, -0.05) is 35.3 Å². The van der Waals surface area contributed by atoms with E-state index < -0.39 is 0 Å². The van der Waals surface area contributed by atoms with Gasteiger partial charge in [-0.05, 0) is 42.5 Å². The molecule has 2 amide bonds. The van der Waals surface area contributed by atoms with Gasteiger partial charge in [0.05, 0.1) is 21.0 Å². The molecule has 1 aromatic heterocycles. The van der Waals surface area contributed by atoms with Gasteiger partial charge in [0.15, 0.2) is 0 Å². The zero-order chi connectivity index (χ0) is 17.5. The number of nitrogens with one attached hydrogen (secondary N) is 2. The van der Waals surface area contributed by atoms with Crippen LogP contribution in [0.25, 0.3) is 0 Å². The average molecular weight is 385 g/mol. The fraction of sp³-hybridized carbons (Fsp3) is 0.294. The van der Waals surface area contributed by atoms with Gasteiger partial charge in [0.25, 0.3) is 5.91 Å². The highest BCUT2D eigenvalue weighted by Gasteiger charge is 2.11. The molecule has 2 rings (SSSR count). The van der Waals surface area contributed by atoms with E-state index in [2.05, 4.69) is 10.6 Å². The summed E-state index contributed by atoms with van der Waals surface area (Å²) < 4.78 is 0. The van der Waals surface area contributed by atoms with Gasteiger partial charge in [-0.3, -0.25) is 9.59 Å². The Morgan fingerprint density at radius 3 is 2.67 bits per heavy atom. The van der Waals surface area contributed by atoms with Crippen molar-refractivity contribution in [3.05, 3.63) is 56.2 Å². The van der Waals surface area contributed by atoms with Crippen LogP contribution in [-0.4, -0.2) is 18.4 Å². The van der Waals surface area contributed by atoms with Crippen LogP contribution >= 0.6 is 34.5 Å². The highest BCUT2D eigenvalue weighted by molar-refractivity contribution is 7.12. The molecule has 1 heterocycles. The zero-order valence-electron chi connectivity index (χ0n) is 13.1. The van der Waals surface area contributed by atoms with Gasteiger partial charge in [0.2, 0.25) is 5.91 Å². The third-order valence-corrected chi connectivity index (χ3v) is 5.04. The Hall–Kier alpha value is -1.56. The van der Waals surface area contributed by atoms with Crippen molar-refractivity contribution in [2.75, 3.05) is 6.54 Å². The number of carbonyl (C=O) groups excluding carboxylic acids is 2. The lowest BCUT2D eigenvalue weighted by Gasteiger charge is -2.15. The summed E-state index contributed by atoms with van der Waals surface area (Å²) in [5.41, 5.74) is 0.892. The Labute approximate surface area is 155 Å². The minimum Gasteiger partial charge on any atom is -0.351 e. The molecule has 0 aliphatic rings. The highest BCUT2D eigenvalue weighted by Crippen LogP contribution is 2.25. The first-order valence-corrected chi connectivity index (χ1v) is 9.17. The third kappa shape index (κ3) is 5.51. The number of hydrogen-bond donors (Lipinski definition) is 2. The van der Waals surface area contributed by atoms with Crippen molar-refractivity contribution in [1.29, 1.82) is 0 Å². The lowest BCUT2D eigenvalue weighted by Crippen LogP contribution is -2.28. The molecular formula is C17H18Cl2N2O2S. The Balaban J connectivity index is 1.71. The summed E-state index contributed by atoms with van der Waals surface area (Å²) in [5, 5.41) is 8.51. The van der Waals surface area contributed by atoms with E-state index in [1.165, 1.54) is 11.3 Å². The number of carbonyl (C=O) groups is 2. The van der Waals surface area contributed by atoms with E-state index in [4.69, 9.17) is 23.2 Å². The van der Waals surface area contributed by atoms with E-state index in [9.17, 15) is 9.59 Å². The number of halogens is 2. The van der Waals surface area contributed by atoms with E-state index in [1.54, 1.807) is 18.2 Å². The first-order chi connectivity index (χ1) is 11.5. The highest BCUT2D eigenvalue weighted by atomic mass is 35.5. The molecule has 0 bridgehead atoms. The maximum absolute atomic E-state index is 12.0. The molecule has 2 N–H and O–H groups in total. The number of rotatable bonds is 7. The van der Waals surface area contributed by atoms with Gasteiger partial charge in [0, 0.05) is 13.0 Å². The molecule has 7 heteroatoms. The topological polar surface area (TPSA) is 58.2 Å². The Morgan fingerprint density at radius 2 is 2.00 bits per heavy atom. The second kappa shape index (κ2) is 9.06. The first kappa shape index (κ1) is 18.8. The van der Waals surface area contributed by atoms with Gasteiger partial charge in [0.1, 0.15) is 0 Å². The molecule has 0 spiro atoms. The Bertz CT molecular complexity index is 705. The fourth-order valence-corrected chi connectivity index (χ4v) is 3.07. The molecule has 1 unspecified atom stereocenters. The van der Waals surface area contributed by atoms with Crippen LogP contribution in [0.15, 0.2) is 35.7 Å². The Morgan fingerprint density at radius 1 is 1.21 bits per heavy atom. The molecule has 1 aromatic carbocycles. The van der Waals surface area contributed by atoms with E-state index >= 15 is 0 Å². The standard InChI is InChI=1S/C17H18Cl2N2O2S/c1-11(12-6-7-13(18)14(19)10-12)21-16(22)5-2-8-20-17(23)15-4-3-9-24-15/h3-4,6-7,9-11H,2,5,8H2,1H3,(H,20,23)(H,21,22). The van der Waals surface area contributed by atoms with Crippen LogP contribution < -0.4 is 10.6 Å². The van der Waals surface area contributed by atoms with Crippen molar-refractivity contribution in [1.82, 2.24) is 10.6 Å². The zero-order valence-corrected chi connectivity index (χ0v) is 15.5. The van der Waals surface area contributed by atoms with Crippen LogP contribution in [0.5, 0.6) is 0 Å². The molecular weight excluding hydrogens is 367 g/mol. The molecule has 128 valence electrons. The molecule has 0 fully saturated rings.